The predicted octanol–water partition coefficient (Wildman–Crippen LogP) is 0.997. The van der Waals surface area contributed by atoms with Gasteiger partial charge < -0.3 is 16.8 Å². The largest absolute Gasteiger partial charge is 0.403 e. The zero-order valence-electron chi connectivity index (χ0n) is 8.42. The monoisotopic (exact) mass is 227 g/mol. The quantitative estimate of drug-likeness (QED) is 0.320. The fraction of sp³-hybridized carbons (Fsp3) is 0.111. The maximum Gasteiger partial charge on any atom is 0.141 e. The standard InChI is InChI=1S/C9H14ClN5/c1-3-8(10)14-5-6(2)15-7(4-11)9(12)13/h3-5,15H,2,11H2,1H3,(H3,12,13)/b7-4-,8-3-,14-5-. The third-order valence-electron chi connectivity index (χ3n) is 1.33. The first-order valence-corrected chi connectivity index (χ1v) is 4.47. The molecule has 6 heteroatoms. The number of amidine groups is 1. The molecule has 0 aliphatic rings. The number of hydrogen-bond acceptors (Lipinski definition) is 4. The van der Waals surface area contributed by atoms with Crippen LogP contribution in [-0.2, 0) is 0 Å². The normalized spacial score (nSPS) is 12.9. The predicted molar refractivity (Wildman–Crippen MR) is 64.6 cm³/mol. The average molecular weight is 228 g/mol. The second kappa shape index (κ2) is 6.67. The van der Waals surface area contributed by atoms with Crippen LogP contribution in [0.3, 0.4) is 0 Å². The lowest BCUT2D eigenvalue weighted by Crippen LogP contribution is -2.26. The highest BCUT2D eigenvalue weighted by atomic mass is 35.5. The molecule has 5 nitrogen and oxygen atoms in total. The fourth-order valence-corrected chi connectivity index (χ4v) is 0.667. The highest BCUT2D eigenvalue weighted by molar-refractivity contribution is 6.29. The van der Waals surface area contributed by atoms with Crippen molar-refractivity contribution in [2.45, 2.75) is 6.92 Å². The number of rotatable bonds is 5. The summed E-state index contributed by atoms with van der Waals surface area (Å²) in [5.41, 5.74) is 11.2. The number of nitrogens with zero attached hydrogens (tertiary/aromatic N) is 1. The molecule has 0 rings (SSSR count). The van der Waals surface area contributed by atoms with Crippen molar-refractivity contribution in [3.05, 3.63) is 35.4 Å². The first-order chi connectivity index (χ1) is 7.01. The van der Waals surface area contributed by atoms with Crippen molar-refractivity contribution < 1.29 is 0 Å². The Morgan fingerprint density at radius 1 is 1.60 bits per heavy atom. The van der Waals surface area contributed by atoms with Crippen LogP contribution in [0.15, 0.2) is 40.4 Å². The molecule has 0 radical (unpaired) electrons. The van der Waals surface area contributed by atoms with E-state index in [1.165, 1.54) is 12.4 Å². The lowest BCUT2D eigenvalue weighted by atomic mass is 10.4. The van der Waals surface area contributed by atoms with Gasteiger partial charge >= 0.3 is 0 Å². The van der Waals surface area contributed by atoms with Gasteiger partial charge in [-0.25, -0.2) is 4.99 Å². The Morgan fingerprint density at radius 2 is 2.20 bits per heavy atom. The molecule has 0 atom stereocenters. The van der Waals surface area contributed by atoms with E-state index in [4.69, 9.17) is 28.5 Å². The van der Waals surface area contributed by atoms with Gasteiger partial charge in [0.25, 0.3) is 0 Å². The van der Waals surface area contributed by atoms with Crippen LogP contribution < -0.4 is 16.8 Å². The van der Waals surface area contributed by atoms with E-state index < -0.39 is 0 Å². The van der Waals surface area contributed by atoms with Crippen LogP contribution in [0.5, 0.6) is 0 Å². The molecule has 15 heavy (non-hydrogen) atoms. The number of allylic oxidation sites excluding steroid dienone is 2. The molecular formula is C9H14ClN5. The van der Waals surface area contributed by atoms with Crippen LogP contribution >= 0.6 is 11.6 Å². The molecule has 6 N–H and O–H groups in total. The Labute approximate surface area is 93.7 Å². The maximum absolute atomic E-state index is 7.14. The molecule has 0 aliphatic heterocycles. The molecule has 0 saturated heterocycles. The van der Waals surface area contributed by atoms with E-state index in [9.17, 15) is 0 Å². The summed E-state index contributed by atoms with van der Waals surface area (Å²) in [5, 5.41) is 10.2. The van der Waals surface area contributed by atoms with Gasteiger partial charge in [-0.15, -0.1) is 0 Å². The van der Waals surface area contributed by atoms with Gasteiger partial charge in [0.1, 0.15) is 11.0 Å². The summed E-state index contributed by atoms with van der Waals surface area (Å²) in [6.07, 6.45) is 4.23. The summed E-state index contributed by atoms with van der Waals surface area (Å²) in [5.74, 6) is -0.177. The number of nitrogens with two attached hydrogens (primary N) is 2. The first kappa shape index (κ1) is 13.2. The minimum Gasteiger partial charge on any atom is -0.403 e. The summed E-state index contributed by atoms with van der Waals surface area (Å²) in [4.78, 5) is 3.85. The van der Waals surface area contributed by atoms with Crippen molar-refractivity contribution >= 4 is 23.7 Å². The third-order valence-corrected chi connectivity index (χ3v) is 1.65. The Balaban J connectivity index is 4.39. The second-order valence-corrected chi connectivity index (χ2v) is 2.90. The minimum atomic E-state index is -0.177. The SMILES string of the molecule is C=C(/C=N\C(Cl)=C/C)N/C(=C\N)C(=N)N. The maximum atomic E-state index is 7.14. The van der Waals surface area contributed by atoms with Crippen molar-refractivity contribution in [2.24, 2.45) is 16.5 Å². The van der Waals surface area contributed by atoms with Gasteiger partial charge in [-0.3, -0.25) is 5.41 Å². The molecule has 0 fully saturated rings. The lowest BCUT2D eigenvalue weighted by Gasteiger charge is -2.07. The number of halogens is 1. The van der Waals surface area contributed by atoms with Crippen molar-refractivity contribution in [1.82, 2.24) is 5.32 Å². The van der Waals surface area contributed by atoms with Gasteiger partial charge in [0.05, 0.1) is 11.9 Å². The van der Waals surface area contributed by atoms with Crippen LogP contribution in [0.25, 0.3) is 0 Å². The molecule has 0 heterocycles. The first-order valence-electron chi connectivity index (χ1n) is 4.09. The molecule has 82 valence electrons. The van der Waals surface area contributed by atoms with Gasteiger partial charge in [0, 0.05) is 11.9 Å². The van der Waals surface area contributed by atoms with Crippen molar-refractivity contribution in [2.75, 3.05) is 0 Å². The average Bonchev–Trinajstić information content (AvgIpc) is 2.21. The Morgan fingerprint density at radius 3 is 2.60 bits per heavy atom. The zero-order chi connectivity index (χ0) is 11.8. The van der Waals surface area contributed by atoms with Crippen LogP contribution in [0.2, 0.25) is 0 Å². The van der Waals surface area contributed by atoms with E-state index in [-0.39, 0.29) is 11.5 Å². The van der Waals surface area contributed by atoms with Crippen LogP contribution in [0, 0.1) is 5.41 Å². The van der Waals surface area contributed by atoms with Crippen molar-refractivity contribution in [1.29, 1.82) is 5.41 Å². The Hall–Kier alpha value is -1.75. The summed E-state index contributed by atoms with van der Waals surface area (Å²) >= 11 is 5.63. The molecule has 0 aliphatic carbocycles. The van der Waals surface area contributed by atoms with E-state index in [0.29, 0.717) is 10.9 Å². The van der Waals surface area contributed by atoms with Crippen molar-refractivity contribution in [3.63, 3.8) is 0 Å². The van der Waals surface area contributed by atoms with Gasteiger partial charge in [0.2, 0.25) is 0 Å². The number of nitrogens with one attached hydrogen (secondary N) is 2. The molecule has 0 aromatic heterocycles. The smallest absolute Gasteiger partial charge is 0.141 e. The summed E-state index contributed by atoms with van der Waals surface area (Å²) in [6.45, 7) is 5.40. The lowest BCUT2D eigenvalue weighted by molar-refractivity contribution is 1.07. The summed E-state index contributed by atoms with van der Waals surface area (Å²) < 4.78 is 0. The Kier molecular flexibility index (Phi) is 5.89. The molecule has 0 amide bonds. The van der Waals surface area contributed by atoms with E-state index in [2.05, 4.69) is 16.9 Å². The summed E-state index contributed by atoms with van der Waals surface area (Å²) in [7, 11) is 0. The topological polar surface area (TPSA) is 100 Å². The van der Waals surface area contributed by atoms with Gasteiger partial charge in [-0.1, -0.05) is 24.3 Å². The fourth-order valence-electron chi connectivity index (χ4n) is 0.618. The molecule has 0 bridgehead atoms. The van der Waals surface area contributed by atoms with Crippen LogP contribution in [-0.4, -0.2) is 12.1 Å². The van der Waals surface area contributed by atoms with Gasteiger partial charge in [-0.05, 0) is 6.92 Å². The van der Waals surface area contributed by atoms with E-state index in [1.54, 1.807) is 13.0 Å². The van der Waals surface area contributed by atoms with Crippen molar-refractivity contribution in [3.8, 4) is 0 Å². The third kappa shape index (κ3) is 5.53. The molecule has 0 aromatic carbocycles. The molecule has 0 unspecified atom stereocenters. The Bertz CT molecular complexity index is 340. The van der Waals surface area contributed by atoms with Crippen LogP contribution in [0.4, 0.5) is 0 Å². The zero-order valence-corrected chi connectivity index (χ0v) is 9.17. The molecule has 0 aromatic rings. The molecule has 0 saturated carbocycles. The molecular weight excluding hydrogens is 214 g/mol. The second-order valence-electron chi connectivity index (χ2n) is 2.51. The van der Waals surface area contributed by atoms with E-state index >= 15 is 0 Å². The van der Waals surface area contributed by atoms with Gasteiger partial charge in [0.15, 0.2) is 0 Å². The highest BCUT2D eigenvalue weighted by Crippen LogP contribution is 2.01. The minimum absolute atomic E-state index is 0.177. The number of aliphatic imine (C=N–C) groups is 1. The number of hydrogen-bond donors (Lipinski definition) is 4. The van der Waals surface area contributed by atoms with E-state index in [1.807, 2.05) is 0 Å². The van der Waals surface area contributed by atoms with Crippen LogP contribution in [0.1, 0.15) is 6.92 Å². The van der Waals surface area contributed by atoms with E-state index in [0.717, 1.165) is 0 Å². The molecule has 0 spiro atoms. The summed E-state index contributed by atoms with van der Waals surface area (Å²) in [6, 6.07) is 0. The van der Waals surface area contributed by atoms with Gasteiger partial charge in [-0.2, -0.15) is 0 Å². The highest BCUT2D eigenvalue weighted by Gasteiger charge is 1.99.